The van der Waals surface area contributed by atoms with Gasteiger partial charge in [0.15, 0.2) is 11.5 Å². The van der Waals surface area contributed by atoms with Gasteiger partial charge in [0.2, 0.25) is 5.88 Å². The monoisotopic (exact) mass is 376 g/mol. The van der Waals surface area contributed by atoms with Crippen LogP contribution in [0.5, 0.6) is 5.88 Å². The number of ether oxygens (including phenoxy) is 1. The Morgan fingerprint density at radius 1 is 1.39 bits per heavy atom. The Hall–Kier alpha value is -2.68. The molecule has 0 aliphatic heterocycles. The normalized spacial score (nSPS) is 10.6. The molecule has 0 aromatic carbocycles. The number of nitrogens with zero attached hydrogens (tertiary/aromatic N) is 4. The molecular formula is C14H13BrN6O2. The Kier molecular flexibility index (Phi) is 4.11. The highest BCUT2D eigenvalue weighted by Crippen LogP contribution is 2.28. The Bertz CT molecular complexity index is 842. The largest absolute Gasteiger partial charge is 0.480 e. The van der Waals surface area contributed by atoms with Crippen molar-refractivity contribution in [3.63, 3.8) is 0 Å². The quantitative estimate of drug-likeness (QED) is 0.727. The lowest BCUT2D eigenvalue weighted by molar-refractivity contribution is 0.102. The zero-order valence-electron chi connectivity index (χ0n) is 12.4. The third-order valence-electron chi connectivity index (χ3n) is 3.16. The Labute approximate surface area is 140 Å². The first-order valence-corrected chi connectivity index (χ1v) is 7.43. The lowest BCUT2D eigenvalue weighted by Gasteiger charge is -1.99. The topological polar surface area (TPSA) is 97.7 Å². The number of aryl methyl sites for hydroxylation is 1. The van der Waals surface area contributed by atoms with Crippen molar-refractivity contribution in [2.45, 2.75) is 0 Å². The molecule has 0 aliphatic rings. The van der Waals surface area contributed by atoms with Gasteiger partial charge in [0.25, 0.3) is 5.91 Å². The van der Waals surface area contributed by atoms with Gasteiger partial charge in [-0.15, -0.1) is 0 Å². The summed E-state index contributed by atoms with van der Waals surface area (Å²) in [5.41, 5.74) is 1.92. The number of carbonyl (C=O) groups is 1. The van der Waals surface area contributed by atoms with Crippen molar-refractivity contribution >= 4 is 27.7 Å². The zero-order chi connectivity index (χ0) is 16.4. The van der Waals surface area contributed by atoms with Crippen LogP contribution in [-0.4, -0.2) is 38.0 Å². The second-order valence-electron chi connectivity index (χ2n) is 4.65. The minimum atomic E-state index is -0.386. The van der Waals surface area contributed by atoms with Crippen molar-refractivity contribution in [3.8, 4) is 17.1 Å². The molecule has 0 saturated carbocycles. The molecule has 9 heteroatoms. The number of halogens is 1. The molecule has 23 heavy (non-hydrogen) atoms. The second kappa shape index (κ2) is 6.21. The van der Waals surface area contributed by atoms with E-state index in [1.807, 2.05) is 12.1 Å². The first-order chi connectivity index (χ1) is 11.1. The van der Waals surface area contributed by atoms with Gasteiger partial charge in [-0.25, -0.2) is 4.68 Å². The lowest BCUT2D eigenvalue weighted by Crippen LogP contribution is -2.13. The fourth-order valence-corrected chi connectivity index (χ4v) is 2.77. The highest BCUT2D eigenvalue weighted by Gasteiger charge is 2.21. The fraction of sp³-hybridized carbons (Fsp3) is 0.143. The van der Waals surface area contributed by atoms with Crippen molar-refractivity contribution in [1.29, 1.82) is 0 Å². The van der Waals surface area contributed by atoms with Crippen LogP contribution in [0.2, 0.25) is 0 Å². The molecule has 8 nitrogen and oxygen atoms in total. The van der Waals surface area contributed by atoms with Crippen LogP contribution in [0.3, 0.4) is 0 Å². The van der Waals surface area contributed by atoms with E-state index < -0.39 is 0 Å². The second-order valence-corrected chi connectivity index (χ2v) is 5.45. The van der Waals surface area contributed by atoms with Gasteiger partial charge in [-0.05, 0) is 28.1 Å². The van der Waals surface area contributed by atoms with Crippen molar-refractivity contribution in [2.24, 2.45) is 7.05 Å². The molecule has 118 valence electrons. The molecule has 3 rings (SSSR count). The summed E-state index contributed by atoms with van der Waals surface area (Å²) in [5, 5.41) is 13.8. The molecule has 0 radical (unpaired) electrons. The van der Waals surface area contributed by atoms with Crippen LogP contribution in [0.25, 0.3) is 11.3 Å². The summed E-state index contributed by atoms with van der Waals surface area (Å²) in [6, 6.07) is 5.43. The maximum atomic E-state index is 12.3. The lowest BCUT2D eigenvalue weighted by atomic mass is 10.2. The van der Waals surface area contributed by atoms with E-state index in [9.17, 15) is 4.79 Å². The zero-order valence-corrected chi connectivity index (χ0v) is 14.0. The van der Waals surface area contributed by atoms with E-state index in [0.717, 1.165) is 11.3 Å². The van der Waals surface area contributed by atoms with E-state index in [1.165, 1.54) is 11.8 Å². The number of H-pyrrole nitrogens is 1. The average Bonchev–Trinajstić information content (AvgIpc) is 3.13. The summed E-state index contributed by atoms with van der Waals surface area (Å²) in [6.45, 7) is 0. The Morgan fingerprint density at radius 2 is 2.13 bits per heavy atom. The van der Waals surface area contributed by atoms with Gasteiger partial charge in [-0.3, -0.25) is 14.9 Å². The first-order valence-electron chi connectivity index (χ1n) is 6.63. The summed E-state index contributed by atoms with van der Waals surface area (Å²) in [4.78, 5) is 16.3. The van der Waals surface area contributed by atoms with Gasteiger partial charge in [-0.1, -0.05) is 0 Å². The standard InChI is InChI=1S/C14H13BrN6O2/c1-21-14(23-2)11(15)12(20-21)13(22)17-10-7-9(18-19-10)8-3-5-16-6-4-8/h3-7H,1-2H3,(H2,17,18,19,22). The number of carbonyl (C=O) groups excluding carboxylic acids is 1. The van der Waals surface area contributed by atoms with Crippen molar-refractivity contribution in [1.82, 2.24) is 25.0 Å². The maximum absolute atomic E-state index is 12.3. The molecule has 3 aromatic rings. The summed E-state index contributed by atoms with van der Waals surface area (Å²) >= 11 is 3.31. The molecule has 0 fully saturated rings. The van der Waals surface area contributed by atoms with E-state index in [2.05, 4.69) is 41.5 Å². The first kappa shape index (κ1) is 15.2. The molecule has 0 spiro atoms. The molecular weight excluding hydrogens is 364 g/mol. The number of anilines is 1. The van der Waals surface area contributed by atoms with Crippen LogP contribution in [0, 0.1) is 0 Å². The van der Waals surface area contributed by atoms with Crippen molar-refractivity contribution in [2.75, 3.05) is 12.4 Å². The number of pyridine rings is 1. The number of rotatable bonds is 4. The molecule has 0 atom stereocenters. The van der Waals surface area contributed by atoms with Gasteiger partial charge in [-0.2, -0.15) is 10.2 Å². The smallest absolute Gasteiger partial charge is 0.278 e. The van der Waals surface area contributed by atoms with Crippen molar-refractivity contribution in [3.05, 3.63) is 40.8 Å². The fourth-order valence-electron chi connectivity index (χ4n) is 2.09. The number of amides is 1. The van der Waals surface area contributed by atoms with Crippen LogP contribution in [0.4, 0.5) is 5.82 Å². The van der Waals surface area contributed by atoms with E-state index in [-0.39, 0.29) is 11.6 Å². The summed E-state index contributed by atoms with van der Waals surface area (Å²) in [5.74, 6) is 0.483. The minimum absolute atomic E-state index is 0.220. The molecule has 3 aromatic heterocycles. The summed E-state index contributed by atoms with van der Waals surface area (Å²) < 4.78 is 7.13. The number of hydrogen-bond acceptors (Lipinski definition) is 5. The maximum Gasteiger partial charge on any atom is 0.278 e. The Balaban J connectivity index is 1.80. The molecule has 2 N–H and O–H groups in total. The third-order valence-corrected chi connectivity index (χ3v) is 3.87. The number of hydrogen-bond donors (Lipinski definition) is 2. The molecule has 3 heterocycles. The SMILES string of the molecule is COc1c(Br)c(C(=O)Nc2cc(-c3ccncc3)[nH]n2)nn1C. The highest BCUT2D eigenvalue weighted by atomic mass is 79.9. The predicted octanol–water partition coefficient (Wildman–Crippen LogP) is 2.23. The average molecular weight is 377 g/mol. The van der Waals surface area contributed by atoms with E-state index >= 15 is 0 Å². The van der Waals surface area contributed by atoms with E-state index in [0.29, 0.717) is 16.2 Å². The molecule has 1 amide bonds. The van der Waals surface area contributed by atoms with Gasteiger partial charge in [0, 0.05) is 31.1 Å². The van der Waals surface area contributed by atoms with Crippen molar-refractivity contribution < 1.29 is 9.53 Å². The van der Waals surface area contributed by atoms with Gasteiger partial charge in [0.05, 0.1) is 12.8 Å². The van der Waals surface area contributed by atoms with Gasteiger partial charge in [0.1, 0.15) is 4.47 Å². The molecule has 0 saturated heterocycles. The number of methoxy groups -OCH3 is 1. The highest BCUT2D eigenvalue weighted by molar-refractivity contribution is 9.10. The van der Waals surface area contributed by atoms with Crippen LogP contribution < -0.4 is 10.1 Å². The molecule has 0 unspecified atom stereocenters. The van der Waals surface area contributed by atoms with Crippen LogP contribution in [-0.2, 0) is 7.05 Å². The number of aromatic nitrogens is 5. The minimum Gasteiger partial charge on any atom is -0.480 e. The van der Waals surface area contributed by atoms with Gasteiger partial charge >= 0.3 is 0 Å². The third kappa shape index (κ3) is 2.95. The summed E-state index contributed by atoms with van der Waals surface area (Å²) in [7, 11) is 3.20. The van der Waals surface area contributed by atoms with E-state index in [4.69, 9.17) is 4.74 Å². The summed E-state index contributed by atoms with van der Waals surface area (Å²) in [6.07, 6.45) is 3.37. The van der Waals surface area contributed by atoms with Crippen LogP contribution >= 0.6 is 15.9 Å². The number of aromatic amines is 1. The predicted molar refractivity (Wildman–Crippen MR) is 87.2 cm³/mol. The molecule has 0 bridgehead atoms. The van der Waals surface area contributed by atoms with Crippen LogP contribution in [0.1, 0.15) is 10.5 Å². The molecule has 0 aliphatic carbocycles. The van der Waals surface area contributed by atoms with Crippen LogP contribution in [0.15, 0.2) is 35.1 Å². The number of nitrogens with one attached hydrogen (secondary N) is 2. The van der Waals surface area contributed by atoms with Gasteiger partial charge < -0.3 is 10.1 Å². The Morgan fingerprint density at radius 3 is 2.78 bits per heavy atom. The van der Waals surface area contributed by atoms with E-state index in [1.54, 1.807) is 25.5 Å².